The third-order valence-corrected chi connectivity index (χ3v) is 1.60. The highest BCUT2D eigenvalue weighted by molar-refractivity contribution is 5.80. The van der Waals surface area contributed by atoms with Crippen LogP contribution in [0.15, 0.2) is 0 Å². The zero-order valence-corrected chi connectivity index (χ0v) is 6.30. The predicted molar refractivity (Wildman–Crippen MR) is 39.8 cm³/mol. The average Bonchev–Trinajstić information content (AvgIpc) is 2.79. The van der Waals surface area contributed by atoms with Gasteiger partial charge in [-0.25, -0.2) is 0 Å². The highest BCUT2D eigenvalue weighted by Gasteiger charge is 2.28. The van der Waals surface area contributed by atoms with Crippen molar-refractivity contribution in [2.45, 2.75) is 12.8 Å². The average molecular weight is 156 g/mol. The van der Waals surface area contributed by atoms with Crippen molar-refractivity contribution in [3.63, 3.8) is 0 Å². The van der Waals surface area contributed by atoms with Crippen molar-refractivity contribution in [1.29, 1.82) is 0 Å². The molecule has 1 rings (SSSR count). The summed E-state index contributed by atoms with van der Waals surface area (Å²) < 4.78 is 0. The van der Waals surface area contributed by atoms with Crippen molar-refractivity contribution in [2.24, 2.45) is 5.92 Å². The second-order valence-electron chi connectivity index (χ2n) is 2.64. The molecule has 2 N–H and O–H groups in total. The van der Waals surface area contributed by atoms with Crippen LogP contribution in [0.2, 0.25) is 0 Å². The standard InChI is InChI=1S/C7H12N2O2/c10-5-8-3-4-9-7(11)6-1-2-6/h5-6H,1-4H2,(H,8,10)(H,9,11). The van der Waals surface area contributed by atoms with Crippen molar-refractivity contribution in [3.8, 4) is 0 Å². The fraction of sp³-hybridized carbons (Fsp3) is 0.714. The smallest absolute Gasteiger partial charge is 0.223 e. The summed E-state index contributed by atoms with van der Waals surface area (Å²) in [6.07, 6.45) is 2.67. The van der Waals surface area contributed by atoms with Crippen LogP contribution in [0.1, 0.15) is 12.8 Å². The molecule has 0 spiro atoms. The number of carbonyl (C=O) groups excluding carboxylic acids is 2. The highest BCUT2D eigenvalue weighted by atomic mass is 16.2. The Bertz CT molecular complexity index is 155. The molecular weight excluding hydrogens is 144 g/mol. The molecule has 4 nitrogen and oxygen atoms in total. The van der Waals surface area contributed by atoms with Crippen molar-refractivity contribution < 1.29 is 9.59 Å². The van der Waals surface area contributed by atoms with Crippen LogP contribution in [0.4, 0.5) is 0 Å². The molecule has 0 radical (unpaired) electrons. The lowest BCUT2D eigenvalue weighted by Crippen LogP contribution is -2.32. The van der Waals surface area contributed by atoms with E-state index in [1.165, 1.54) is 0 Å². The first kappa shape index (κ1) is 8.04. The number of carbonyl (C=O) groups is 2. The van der Waals surface area contributed by atoms with Crippen LogP contribution in [0.25, 0.3) is 0 Å². The van der Waals surface area contributed by atoms with E-state index in [1.54, 1.807) is 0 Å². The van der Waals surface area contributed by atoms with E-state index in [2.05, 4.69) is 10.6 Å². The molecule has 0 bridgehead atoms. The Kier molecular flexibility index (Phi) is 2.89. The number of rotatable bonds is 5. The van der Waals surface area contributed by atoms with Gasteiger partial charge in [0, 0.05) is 19.0 Å². The first-order valence-corrected chi connectivity index (χ1v) is 3.79. The summed E-state index contributed by atoms with van der Waals surface area (Å²) in [4.78, 5) is 20.7. The summed E-state index contributed by atoms with van der Waals surface area (Å²) in [7, 11) is 0. The zero-order chi connectivity index (χ0) is 8.10. The Balaban J connectivity index is 1.93. The third kappa shape index (κ3) is 3.02. The molecule has 0 aliphatic heterocycles. The molecule has 4 heteroatoms. The Morgan fingerprint density at radius 1 is 1.45 bits per heavy atom. The first-order chi connectivity index (χ1) is 5.34. The maximum Gasteiger partial charge on any atom is 0.223 e. The van der Waals surface area contributed by atoms with Gasteiger partial charge in [0.2, 0.25) is 12.3 Å². The normalized spacial score (nSPS) is 15.6. The molecule has 0 aromatic carbocycles. The van der Waals surface area contributed by atoms with Crippen LogP contribution >= 0.6 is 0 Å². The molecule has 2 amide bonds. The van der Waals surface area contributed by atoms with Crippen LogP contribution in [0.5, 0.6) is 0 Å². The van der Waals surface area contributed by atoms with Crippen LogP contribution in [0.3, 0.4) is 0 Å². The van der Waals surface area contributed by atoms with Gasteiger partial charge in [-0.15, -0.1) is 0 Å². The lowest BCUT2D eigenvalue weighted by molar-refractivity contribution is -0.122. The minimum atomic E-state index is 0.123. The van der Waals surface area contributed by atoms with Crippen molar-refractivity contribution >= 4 is 12.3 Å². The molecule has 0 saturated heterocycles. The molecule has 1 saturated carbocycles. The van der Waals surface area contributed by atoms with E-state index in [9.17, 15) is 9.59 Å². The summed E-state index contributed by atoms with van der Waals surface area (Å²) in [6.45, 7) is 1.05. The Morgan fingerprint density at radius 3 is 2.73 bits per heavy atom. The Morgan fingerprint density at radius 2 is 2.18 bits per heavy atom. The second-order valence-corrected chi connectivity index (χ2v) is 2.64. The monoisotopic (exact) mass is 156 g/mol. The zero-order valence-electron chi connectivity index (χ0n) is 6.30. The maximum atomic E-state index is 10.9. The van der Waals surface area contributed by atoms with Crippen LogP contribution < -0.4 is 10.6 Å². The first-order valence-electron chi connectivity index (χ1n) is 3.79. The number of hydrogen-bond donors (Lipinski definition) is 2. The third-order valence-electron chi connectivity index (χ3n) is 1.60. The van der Waals surface area contributed by atoms with E-state index in [4.69, 9.17) is 0 Å². The highest BCUT2D eigenvalue weighted by Crippen LogP contribution is 2.28. The molecule has 0 unspecified atom stereocenters. The maximum absolute atomic E-state index is 10.9. The fourth-order valence-electron chi connectivity index (χ4n) is 0.807. The summed E-state index contributed by atoms with van der Waals surface area (Å²) in [5.74, 6) is 0.379. The number of amides is 2. The molecule has 1 aliphatic carbocycles. The van der Waals surface area contributed by atoms with E-state index in [-0.39, 0.29) is 11.8 Å². The molecule has 0 heterocycles. The lowest BCUT2D eigenvalue weighted by atomic mass is 10.4. The van der Waals surface area contributed by atoms with Gasteiger partial charge in [-0.3, -0.25) is 9.59 Å². The van der Waals surface area contributed by atoms with Gasteiger partial charge in [-0.1, -0.05) is 0 Å². The summed E-state index contributed by atoms with van der Waals surface area (Å²) in [6, 6.07) is 0. The summed E-state index contributed by atoms with van der Waals surface area (Å²) in [5, 5.41) is 5.19. The minimum absolute atomic E-state index is 0.123. The predicted octanol–water partition coefficient (Wildman–Crippen LogP) is -0.741. The minimum Gasteiger partial charge on any atom is -0.357 e. The SMILES string of the molecule is O=CNCCNC(=O)C1CC1. The lowest BCUT2D eigenvalue weighted by Gasteiger charge is -2.01. The molecule has 1 fully saturated rings. The second kappa shape index (κ2) is 3.95. The van der Waals surface area contributed by atoms with E-state index in [0.717, 1.165) is 12.8 Å². The van der Waals surface area contributed by atoms with Gasteiger partial charge in [0.25, 0.3) is 0 Å². The topological polar surface area (TPSA) is 58.2 Å². The van der Waals surface area contributed by atoms with Crippen LogP contribution in [-0.2, 0) is 9.59 Å². The van der Waals surface area contributed by atoms with Gasteiger partial charge < -0.3 is 10.6 Å². The van der Waals surface area contributed by atoms with E-state index >= 15 is 0 Å². The molecule has 11 heavy (non-hydrogen) atoms. The summed E-state index contributed by atoms with van der Waals surface area (Å²) >= 11 is 0. The van der Waals surface area contributed by atoms with Gasteiger partial charge in [0.05, 0.1) is 0 Å². The fourth-order valence-corrected chi connectivity index (χ4v) is 0.807. The molecule has 0 aromatic rings. The molecular formula is C7H12N2O2. The number of hydrogen-bond acceptors (Lipinski definition) is 2. The van der Waals surface area contributed by atoms with Gasteiger partial charge in [-0.05, 0) is 12.8 Å². The van der Waals surface area contributed by atoms with Gasteiger partial charge in [0.1, 0.15) is 0 Å². The van der Waals surface area contributed by atoms with Gasteiger partial charge in [0.15, 0.2) is 0 Å². The molecule has 0 aromatic heterocycles. The largest absolute Gasteiger partial charge is 0.357 e. The van der Waals surface area contributed by atoms with Crippen molar-refractivity contribution in [1.82, 2.24) is 10.6 Å². The number of nitrogens with one attached hydrogen (secondary N) is 2. The van der Waals surface area contributed by atoms with Crippen LogP contribution in [0, 0.1) is 5.92 Å². The molecule has 0 atom stereocenters. The van der Waals surface area contributed by atoms with E-state index in [0.29, 0.717) is 19.5 Å². The summed E-state index contributed by atoms with van der Waals surface area (Å²) in [5.41, 5.74) is 0. The van der Waals surface area contributed by atoms with E-state index in [1.807, 2.05) is 0 Å². The quantitative estimate of drug-likeness (QED) is 0.407. The van der Waals surface area contributed by atoms with Crippen molar-refractivity contribution in [2.75, 3.05) is 13.1 Å². The molecule has 62 valence electrons. The van der Waals surface area contributed by atoms with Gasteiger partial charge >= 0.3 is 0 Å². The molecule has 1 aliphatic rings. The van der Waals surface area contributed by atoms with Crippen molar-refractivity contribution in [3.05, 3.63) is 0 Å². The Hall–Kier alpha value is -1.06. The van der Waals surface area contributed by atoms with E-state index < -0.39 is 0 Å². The van der Waals surface area contributed by atoms with Gasteiger partial charge in [-0.2, -0.15) is 0 Å². The van der Waals surface area contributed by atoms with Crippen LogP contribution in [-0.4, -0.2) is 25.4 Å². The Labute approximate surface area is 65.3 Å².